The van der Waals surface area contributed by atoms with Gasteiger partial charge in [-0.2, -0.15) is 0 Å². The van der Waals surface area contributed by atoms with Crippen molar-refractivity contribution in [2.45, 2.75) is 45.2 Å². The standard InChI is InChI=1S/C15H24N4O2S/c1-10-11(2)22-15(16-10)18-14(20)17-12-3-6-19(7-4-12)13-5-8-21-9-13/h12-13H,3-9H2,1-2H3,(H2,16,17,18,20). The average Bonchev–Trinajstić information content (AvgIpc) is 3.11. The number of carbonyl (C=O) groups excluding carboxylic acids is 1. The quantitative estimate of drug-likeness (QED) is 0.894. The van der Waals surface area contributed by atoms with Crippen molar-refractivity contribution in [2.24, 2.45) is 0 Å². The number of thiazole rings is 1. The molecule has 6 nitrogen and oxygen atoms in total. The Labute approximate surface area is 135 Å². The number of ether oxygens (including phenoxy) is 1. The summed E-state index contributed by atoms with van der Waals surface area (Å²) in [4.78, 5) is 20.0. The fourth-order valence-electron chi connectivity index (χ4n) is 3.06. The van der Waals surface area contributed by atoms with Gasteiger partial charge in [-0.15, -0.1) is 11.3 Å². The molecule has 122 valence electrons. The lowest BCUT2D eigenvalue weighted by Gasteiger charge is -2.35. The highest BCUT2D eigenvalue weighted by Crippen LogP contribution is 2.21. The van der Waals surface area contributed by atoms with E-state index in [4.69, 9.17) is 4.74 Å². The third-order valence-electron chi connectivity index (χ3n) is 4.54. The van der Waals surface area contributed by atoms with Gasteiger partial charge in [0.2, 0.25) is 0 Å². The molecule has 3 heterocycles. The van der Waals surface area contributed by atoms with Crippen LogP contribution >= 0.6 is 11.3 Å². The molecule has 3 rings (SSSR count). The molecule has 1 aromatic rings. The number of rotatable bonds is 3. The molecular formula is C15H24N4O2S. The molecule has 2 N–H and O–H groups in total. The summed E-state index contributed by atoms with van der Waals surface area (Å²) >= 11 is 1.52. The van der Waals surface area contributed by atoms with Gasteiger partial charge in [0.05, 0.1) is 12.3 Å². The zero-order valence-corrected chi connectivity index (χ0v) is 14.0. The Kier molecular flexibility index (Phi) is 4.95. The number of likely N-dealkylation sites (tertiary alicyclic amines) is 1. The molecule has 0 spiro atoms. The van der Waals surface area contributed by atoms with Crippen LogP contribution < -0.4 is 10.6 Å². The van der Waals surface area contributed by atoms with Crippen molar-refractivity contribution < 1.29 is 9.53 Å². The van der Waals surface area contributed by atoms with E-state index in [9.17, 15) is 4.79 Å². The van der Waals surface area contributed by atoms with Crippen molar-refractivity contribution in [2.75, 3.05) is 31.6 Å². The molecule has 1 atom stereocenters. The number of hydrogen-bond donors (Lipinski definition) is 2. The number of aryl methyl sites for hydroxylation is 2. The molecule has 0 aliphatic carbocycles. The molecule has 0 aromatic carbocycles. The maximum absolute atomic E-state index is 12.0. The summed E-state index contributed by atoms with van der Waals surface area (Å²) < 4.78 is 5.45. The van der Waals surface area contributed by atoms with Gasteiger partial charge in [-0.05, 0) is 33.1 Å². The predicted octanol–water partition coefficient (Wildman–Crippen LogP) is 2.13. The van der Waals surface area contributed by atoms with Crippen LogP contribution in [0.2, 0.25) is 0 Å². The molecule has 22 heavy (non-hydrogen) atoms. The fourth-order valence-corrected chi connectivity index (χ4v) is 3.87. The average molecular weight is 324 g/mol. The number of aromatic nitrogens is 1. The molecule has 7 heteroatoms. The summed E-state index contributed by atoms with van der Waals surface area (Å²) in [6.07, 6.45) is 3.14. The number of nitrogens with one attached hydrogen (secondary N) is 2. The van der Waals surface area contributed by atoms with Gasteiger partial charge in [0, 0.05) is 36.7 Å². The largest absolute Gasteiger partial charge is 0.380 e. The first-order valence-electron chi connectivity index (χ1n) is 7.95. The first-order valence-corrected chi connectivity index (χ1v) is 8.77. The van der Waals surface area contributed by atoms with Gasteiger partial charge in [0.15, 0.2) is 5.13 Å². The van der Waals surface area contributed by atoms with Gasteiger partial charge in [-0.1, -0.05) is 0 Å². The van der Waals surface area contributed by atoms with Crippen molar-refractivity contribution in [3.8, 4) is 0 Å². The molecule has 2 aliphatic heterocycles. The molecule has 2 fully saturated rings. The third-order valence-corrected chi connectivity index (χ3v) is 5.52. The Morgan fingerprint density at radius 2 is 2.09 bits per heavy atom. The Hall–Kier alpha value is -1.18. The van der Waals surface area contributed by atoms with E-state index in [1.54, 1.807) is 0 Å². The molecule has 0 radical (unpaired) electrons. The summed E-state index contributed by atoms with van der Waals surface area (Å²) in [6, 6.07) is 0.688. The van der Waals surface area contributed by atoms with Crippen LogP contribution in [0.1, 0.15) is 29.8 Å². The summed E-state index contributed by atoms with van der Waals surface area (Å²) in [6.45, 7) is 7.79. The summed E-state index contributed by atoms with van der Waals surface area (Å²) in [5.41, 5.74) is 0.979. The zero-order valence-electron chi connectivity index (χ0n) is 13.2. The van der Waals surface area contributed by atoms with Gasteiger partial charge >= 0.3 is 6.03 Å². The Morgan fingerprint density at radius 3 is 2.68 bits per heavy atom. The number of urea groups is 1. The van der Waals surface area contributed by atoms with Crippen LogP contribution in [0.4, 0.5) is 9.93 Å². The first kappa shape index (κ1) is 15.7. The van der Waals surface area contributed by atoms with E-state index in [0.29, 0.717) is 11.2 Å². The van der Waals surface area contributed by atoms with E-state index in [1.165, 1.54) is 11.3 Å². The first-order chi connectivity index (χ1) is 10.6. The van der Waals surface area contributed by atoms with Crippen LogP contribution in [0.25, 0.3) is 0 Å². The van der Waals surface area contributed by atoms with E-state index in [1.807, 2.05) is 13.8 Å². The van der Waals surface area contributed by atoms with Crippen molar-refractivity contribution in [1.82, 2.24) is 15.2 Å². The lowest BCUT2D eigenvalue weighted by atomic mass is 10.0. The van der Waals surface area contributed by atoms with E-state index in [2.05, 4.69) is 20.5 Å². The maximum atomic E-state index is 12.0. The van der Waals surface area contributed by atoms with Gasteiger partial charge in [0.1, 0.15) is 0 Å². The van der Waals surface area contributed by atoms with Crippen molar-refractivity contribution in [3.63, 3.8) is 0 Å². The zero-order chi connectivity index (χ0) is 15.5. The second-order valence-electron chi connectivity index (χ2n) is 6.09. The minimum Gasteiger partial charge on any atom is -0.380 e. The second-order valence-corrected chi connectivity index (χ2v) is 7.29. The highest BCUT2D eigenvalue weighted by atomic mass is 32.1. The Bertz CT molecular complexity index is 500. The van der Waals surface area contributed by atoms with Crippen LogP contribution in [0, 0.1) is 13.8 Å². The number of nitrogens with zero attached hydrogens (tertiary/aromatic N) is 2. The number of carbonyl (C=O) groups is 1. The predicted molar refractivity (Wildman–Crippen MR) is 87.6 cm³/mol. The fraction of sp³-hybridized carbons (Fsp3) is 0.733. The van der Waals surface area contributed by atoms with Crippen molar-refractivity contribution >= 4 is 22.5 Å². The van der Waals surface area contributed by atoms with Gasteiger partial charge in [-0.25, -0.2) is 9.78 Å². The number of anilines is 1. The summed E-state index contributed by atoms with van der Waals surface area (Å²) in [5.74, 6) is 0. The Morgan fingerprint density at radius 1 is 1.32 bits per heavy atom. The second kappa shape index (κ2) is 6.93. The smallest absolute Gasteiger partial charge is 0.321 e. The van der Waals surface area contributed by atoms with Crippen molar-refractivity contribution in [3.05, 3.63) is 10.6 Å². The normalized spacial score (nSPS) is 23.6. The lowest BCUT2D eigenvalue weighted by Crippen LogP contribution is -2.49. The van der Waals surface area contributed by atoms with E-state index in [0.717, 1.165) is 56.1 Å². The third kappa shape index (κ3) is 3.77. The monoisotopic (exact) mass is 324 g/mol. The van der Waals surface area contributed by atoms with E-state index in [-0.39, 0.29) is 12.1 Å². The maximum Gasteiger partial charge on any atom is 0.321 e. The number of piperidine rings is 1. The molecular weight excluding hydrogens is 300 g/mol. The van der Waals surface area contributed by atoms with Gasteiger partial charge in [-0.3, -0.25) is 10.2 Å². The molecule has 1 aromatic heterocycles. The molecule has 0 bridgehead atoms. The Balaban J connectivity index is 1.43. The minimum atomic E-state index is -0.142. The van der Waals surface area contributed by atoms with Gasteiger partial charge < -0.3 is 10.1 Å². The van der Waals surface area contributed by atoms with Crippen molar-refractivity contribution in [1.29, 1.82) is 0 Å². The van der Waals surface area contributed by atoms with Crippen LogP contribution in [-0.4, -0.2) is 54.3 Å². The topological polar surface area (TPSA) is 66.5 Å². The highest BCUT2D eigenvalue weighted by Gasteiger charge is 2.28. The SMILES string of the molecule is Cc1nc(NC(=O)NC2CCN(C3CCOC3)CC2)sc1C. The van der Waals surface area contributed by atoms with Crippen LogP contribution in [0.3, 0.4) is 0 Å². The molecule has 2 aliphatic rings. The van der Waals surface area contributed by atoms with E-state index >= 15 is 0 Å². The molecule has 0 saturated carbocycles. The number of hydrogen-bond acceptors (Lipinski definition) is 5. The minimum absolute atomic E-state index is 0.142. The van der Waals surface area contributed by atoms with Crippen LogP contribution in [-0.2, 0) is 4.74 Å². The molecule has 2 saturated heterocycles. The lowest BCUT2D eigenvalue weighted by molar-refractivity contribution is 0.118. The van der Waals surface area contributed by atoms with Gasteiger partial charge in [0.25, 0.3) is 0 Å². The summed E-state index contributed by atoms with van der Waals surface area (Å²) in [7, 11) is 0. The highest BCUT2D eigenvalue weighted by molar-refractivity contribution is 7.15. The van der Waals surface area contributed by atoms with Crippen LogP contribution in [0.15, 0.2) is 0 Å². The number of amides is 2. The van der Waals surface area contributed by atoms with E-state index < -0.39 is 0 Å². The molecule has 2 amide bonds. The van der Waals surface area contributed by atoms with Crippen LogP contribution in [0.5, 0.6) is 0 Å². The summed E-state index contributed by atoms with van der Waals surface area (Å²) in [5, 5.41) is 6.58. The molecule has 1 unspecified atom stereocenters.